The number of hydrogen-bond acceptors (Lipinski definition) is 3. The largest absolute Gasteiger partial charge is 0.465 e. The Balaban J connectivity index is 5.15. The molecule has 6 heteroatoms. The van der Waals surface area contributed by atoms with E-state index < -0.39 is 18.7 Å². The molecule has 0 heterocycles. The molecule has 0 aromatic rings. The lowest BCUT2D eigenvalue weighted by Gasteiger charge is -2.30. The van der Waals surface area contributed by atoms with Crippen LogP contribution in [-0.2, 0) is 14.1 Å². The van der Waals surface area contributed by atoms with E-state index >= 15 is 0 Å². The van der Waals surface area contributed by atoms with Gasteiger partial charge in [-0.1, -0.05) is 20.3 Å². The van der Waals surface area contributed by atoms with Gasteiger partial charge >= 0.3 is 13.6 Å². The summed E-state index contributed by atoms with van der Waals surface area (Å²) >= 11 is 0. The van der Waals surface area contributed by atoms with Gasteiger partial charge in [-0.15, -0.1) is 0 Å². The van der Waals surface area contributed by atoms with Crippen molar-refractivity contribution in [2.45, 2.75) is 45.2 Å². The van der Waals surface area contributed by atoms with E-state index in [0.717, 1.165) is 0 Å². The second kappa shape index (κ2) is 5.64. The first-order valence-corrected chi connectivity index (χ1v) is 6.69. The maximum absolute atomic E-state index is 11.6. The molecule has 0 aromatic heterocycles. The van der Waals surface area contributed by atoms with Gasteiger partial charge < -0.3 is 14.5 Å². The number of carbonyl (C=O) groups excluding carboxylic acids is 1. The molecule has 0 radical (unpaired) electrons. The molecule has 0 amide bonds. The van der Waals surface area contributed by atoms with E-state index in [-0.39, 0.29) is 19.4 Å². The lowest BCUT2D eigenvalue weighted by Crippen LogP contribution is -2.39. The maximum atomic E-state index is 11.6. The van der Waals surface area contributed by atoms with Gasteiger partial charge in [0.2, 0.25) is 0 Å². The fraction of sp³-hybridized carbons (Fsp3) is 0.889. The molecular formula is C9H19O5P. The minimum atomic E-state index is -4.48. The fourth-order valence-electron chi connectivity index (χ4n) is 1.57. The van der Waals surface area contributed by atoms with Crippen LogP contribution in [0.1, 0.15) is 40.0 Å². The van der Waals surface area contributed by atoms with Crippen LogP contribution >= 0.6 is 7.60 Å². The van der Waals surface area contributed by atoms with Crippen molar-refractivity contribution in [2.24, 2.45) is 0 Å². The summed E-state index contributed by atoms with van der Waals surface area (Å²) in [6.07, 6.45) is 0.758. The average Bonchev–Trinajstić information content (AvgIpc) is 2.12. The first-order valence-electron chi connectivity index (χ1n) is 5.08. The van der Waals surface area contributed by atoms with Crippen LogP contribution in [0.5, 0.6) is 0 Å². The van der Waals surface area contributed by atoms with Crippen LogP contribution in [0.2, 0.25) is 0 Å². The molecule has 0 bridgehead atoms. The molecule has 0 aliphatic heterocycles. The number of esters is 1. The van der Waals surface area contributed by atoms with Gasteiger partial charge in [0.25, 0.3) is 0 Å². The molecule has 0 saturated carbocycles. The molecule has 0 fully saturated rings. The van der Waals surface area contributed by atoms with Crippen molar-refractivity contribution in [1.29, 1.82) is 0 Å². The van der Waals surface area contributed by atoms with Crippen LogP contribution in [0, 0.1) is 0 Å². The number of rotatable bonds is 6. The first kappa shape index (κ1) is 14.6. The Morgan fingerprint density at radius 1 is 1.33 bits per heavy atom. The van der Waals surface area contributed by atoms with E-state index in [4.69, 9.17) is 4.74 Å². The van der Waals surface area contributed by atoms with Gasteiger partial charge in [0.15, 0.2) is 5.16 Å². The summed E-state index contributed by atoms with van der Waals surface area (Å²) in [6, 6.07) is 0. The van der Waals surface area contributed by atoms with E-state index in [0.29, 0.717) is 6.42 Å². The second-order valence-corrected chi connectivity index (χ2v) is 5.34. The Kier molecular flexibility index (Phi) is 5.49. The van der Waals surface area contributed by atoms with Crippen molar-refractivity contribution in [3.63, 3.8) is 0 Å². The molecule has 1 atom stereocenters. The Morgan fingerprint density at radius 3 is 2.13 bits per heavy atom. The van der Waals surface area contributed by atoms with Gasteiger partial charge in [-0.05, 0) is 19.8 Å². The van der Waals surface area contributed by atoms with E-state index in [2.05, 4.69) is 0 Å². The molecule has 5 nitrogen and oxygen atoms in total. The summed E-state index contributed by atoms with van der Waals surface area (Å²) < 4.78 is 16.1. The minimum Gasteiger partial charge on any atom is -0.465 e. The standard InChI is InChI=1S/C9H19O5P/c1-4-7-9(5-2,15(11,12)13)8(10)14-6-3/h4-7H2,1-3H3,(H2,11,12,13). The van der Waals surface area contributed by atoms with E-state index in [9.17, 15) is 19.1 Å². The first-order chi connectivity index (χ1) is 6.85. The molecule has 0 aliphatic carbocycles. The molecule has 1 unspecified atom stereocenters. The highest BCUT2D eigenvalue weighted by molar-refractivity contribution is 7.54. The number of hydrogen-bond donors (Lipinski definition) is 2. The number of carbonyl (C=O) groups is 1. The molecular weight excluding hydrogens is 219 g/mol. The van der Waals surface area contributed by atoms with Crippen molar-refractivity contribution in [3.8, 4) is 0 Å². The fourth-order valence-corrected chi connectivity index (χ4v) is 2.80. The molecule has 90 valence electrons. The quantitative estimate of drug-likeness (QED) is 0.543. The zero-order chi connectivity index (χ0) is 12.1. The van der Waals surface area contributed by atoms with Gasteiger partial charge in [-0.3, -0.25) is 9.36 Å². The van der Waals surface area contributed by atoms with Gasteiger partial charge in [0.05, 0.1) is 6.61 Å². The van der Waals surface area contributed by atoms with Crippen LogP contribution < -0.4 is 0 Å². The lowest BCUT2D eigenvalue weighted by molar-refractivity contribution is -0.147. The van der Waals surface area contributed by atoms with E-state index in [1.807, 2.05) is 0 Å². The predicted molar refractivity (Wildman–Crippen MR) is 56.6 cm³/mol. The summed E-state index contributed by atoms with van der Waals surface area (Å²) in [5, 5.41) is -1.65. The van der Waals surface area contributed by atoms with Crippen molar-refractivity contribution in [1.82, 2.24) is 0 Å². The molecule has 15 heavy (non-hydrogen) atoms. The van der Waals surface area contributed by atoms with Crippen LogP contribution in [0.3, 0.4) is 0 Å². The van der Waals surface area contributed by atoms with Crippen molar-refractivity contribution in [2.75, 3.05) is 6.61 Å². The third kappa shape index (κ3) is 3.03. The SMILES string of the molecule is CCCC(CC)(C(=O)OCC)P(=O)(O)O. The molecule has 0 rings (SSSR count). The zero-order valence-electron chi connectivity index (χ0n) is 9.39. The highest BCUT2D eigenvalue weighted by atomic mass is 31.2. The topological polar surface area (TPSA) is 83.8 Å². The van der Waals surface area contributed by atoms with Gasteiger partial charge in [-0.25, -0.2) is 0 Å². The lowest BCUT2D eigenvalue weighted by atomic mass is 10.00. The molecule has 0 spiro atoms. The monoisotopic (exact) mass is 238 g/mol. The van der Waals surface area contributed by atoms with Gasteiger partial charge in [0.1, 0.15) is 0 Å². The van der Waals surface area contributed by atoms with E-state index in [1.165, 1.54) is 0 Å². The smallest absolute Gasteiger partial charge is 0.342 e. The highest BCUT2D eigenvalue weighted by Gasteiger charge is 2.52. The van der Waals surface area contributed by atoms with E-state index in [1.54, 1.807) is 20.8 Å². The Labute approximate surface area is 90.0 Å². The molecule has 2 N–H and O–H groups in total. The average molecular weight is 238 g/mol. The Bertz CT molecular complexity index is 259. The molecule has 0 aliphatic rings. The van der Waals surface area contributed by atoms with Crippen LogP contribution in [0.15, 0.2) is 0 Å². The summed E-state index contributed by atoms with van der Waals surface area (Å²) in [4.78, 5) is 30.2. The highest BCUT2D eigenvalue weighted by Crippen LogP contribution is 2.55. The van der Waals surface area contributed by atoms with Crippen molar-refractivity contribution in [3.05, 3.63) is 0 Å². The normalized spacial score (nSPS) is 15.8. The van der Waals surface area contributed by atoms with Crippen LogP contribution in [0.4, 0.5) is 0 Å². The summed E-state index contributed by atoms with van der Waals surface area (Å²) in [5.41, 5.74) is 0. The summed E-state index contributed by atoms with van der Waals surface area (Å²) in [7, 11) is -4.48. The maximum Gasteiger partial charge on any atom is 0.342 e. The summed E-state index contributed by atoms with van der Waals surface area (Å²) in [5.74, 6) is -0.789. The second-order valence-electron chi connectivity index (χ2n) is 3.40. The van der Waals surface area contributed by atoms with Gasteiger partial charge in [0, 0.05) is 0 Å². The number of ether oxygens (including phenoxy) is 1. The van der Waals surface area contributed by atoms with Crippen LogP contribution in [0.25, 0.3) is 0 Å². The zero-order valence-corrected chi connectivity index (χ0v) is 10.3. The Morgan fingerprint density at radius 2 is 1.87 bits per heavy atom. The molecule has 0 aromatic carbocycles. The Hall–Kier alpha value is -0.380. The van der Waals surface area contributed by atoms with Crippen LogP contribution in [-0.4, -0.2) is 27.5 Å². The third-order valence-electron chi connectivity index (χ3n) is 2.46. The third-order valence-corrected chi connectivity index (χ3v) is 4.30. The summed E-state index contributed by atoms with van der Waals surface area (Å²) in [6.45, 7) is 5.11. The van der Waals surface area contributed by atoms with Crippen molar-refractivity contribution < 1.29 is 23.9 Å². The molecule has 0 saturated heterocycles. The predicted octanol–water partition coefficient (Wildman–Crippen LogP) is 1.68. The van der Waals surface area contributed by atoms with Gasteiger partial charge in [-0.2, -0.15) is 0 Å². The van der Waals surface area contributed by atoms with Crippen molar-refractivity contribution >= 4 is 13.6 Å². The minimum absolute atomic E-state index is 0.0873.